The highest BCUT2D eigenvalue weighted by Gasteiger charge is 2.06. The molecule has 84 valence electrons. The lowest BCUT2D eigenvalue weighted by Gasteiger charge is -2.00. The quantitative estimate of drug-likeness (QED) is 0.580. The first-order chi connectivity index (χ1) is 8.24. The van der Waals surface area contributed by atoms with Crippen LogP contribution in [-0.2, 0) is 0 Å². The predicted molar refractivity (Wildman–Crippen MR) is 71.1 cm³/mol. The summed E-state index contributed by atoms with van der Waals surface area (Å²) in [6.07, 6.45) is 0. The molecule has 0 aliphatic carbocycles. The van der Waals surface area contributed by atoms with Crippen LogP contribution in [0.4, 0.5) is 0 Å². The Labute approximate surface area is 101 Å². The van der Waals surface area contributed by atoms with Gasteiger partial charge in [0.1, 0.15) is 11.5 Å². The van der Waals surface area contributed by atoms with E-state index >= 15 is 0 Å². The van der Waals surface area contributed by atoms with Crippen LogP contribution in [0.25, 0.3) is 22.1 Å². The van der Waals surface area contributed by atoms with Crippen LogP contribution in [0.1, 0.15) is 11.3 Å². The molecular weight excluding hydrogens is 208 g/mol. The van der Waals surface area contributed by atoms with Crippen LogP contribution in [0.3, 0.4) is 0 Å². The molecule has 0 aliphatic heterocycles. The van der Waals surface area contributed by atoms with Gasteiger partial charge in [-0.05, 0) is 42.3 Å². The summed E-state index contributed by atoms with van der Waals surface area (Å²) in [6, 6.07) is 16.9. The van der Waals surface area contributed by atoms with E-state index in [1.807, 2.05) is 6.92 Å². The van der Waals surface area contributed by atoms with Gasteiger partial charge in [-0.2, -0.15) is 0 Å². The molecule has 0 amide bonds. The van der Waals surface area contributed by atoms with Gasteiger partial charge in [0.05, 0.1) is 0 Å². The molecule has 0 N–H and O–H groups in total. The molecule has 1 nitrogen and oxygen atoms in total. The van der Waals surface area contributed by atoms with Gasteiger partial charge in [0.25, 0.3) is 0 Å². The van der Waals surface area contributed by atoms with E-state index in [1.165, 1.54) is 16.3 Å². The second-order valence-electron chi connectivity index (χ2n) is 4.41. The van der Waals surface area contributed by atoms with Crippen LogP contribution in [0.2, 0.25) is 0 Å². The van der Waals surface area contributed by atoms with Gasteiger partial charge in [0.2, 0.25) is 0 Å². The fraction of sp³-hybridized carbons (Fsp3) is 0.125. The van der Waals surface area contributed by atoms with Crippen LogP contribution in [0, 0.1) is 13.8 Å². The fourth-order valence-corrected chi connectivity index (χ4v) is 2.06. The van der Waals surface area contributed by atoms with Crippen LogP contribution in [0.5, 0.6) is 0 Å². The molecule has 1 heteroatoms. The predicted octanol–water partition coefficient (Wildman–Crippen LogP) is 4.72. The lowest BCUT2D eigenvalue weighted by molar-refractivity contribution is 0.546. The molecule has 0 radical (unpaired) electrons. The second kappa shape index (κ2) is 3.77. The van der Waals surface area contributed by atoms with Gasteiger partial charge in [-0.1, -0.05) is 36.4 Å². The molecule has 17 heavy (non-hydrogen) atoms. The summed E-state index contributed by atoms with van der Waals surface area (Å²) in [7, 11) is 0. The molecule has 0 saturated heterocycles. The normalized spacial score (nSPS) is 10.9. The van der Waals surface area contributed by atoms with E-state index in [-0.39, 0.29) is 0 Å². The molecule has 0 bridgehead atoms. The Morgan fingerprint density at radius 2 is 1.59 bits per heavy atom. The average molecular weight is 222 g/mol. The maximum atomic E-state index is 5.75. The summed E-state index contributed by atoms with van der Waals surface area (Å²) < 4.78 is 5.75. The Bertz CT molecular complexity index is 657. The van der Waals surface area contributed by atoms with E-state index in [1.54, 1.807) is 0 Å². The molecule has 2 aromatic carbocycles. The number of aryl methyl sites for hydroxylation is 2. The first-order valence-corrected chi connectivity index (χ1v) is 5.80. The van der Waals surface area contributed by atoms with Gasteiger partial charge in [0, 0.05) is 5.56 Å². The zero-order valence-corrected chi connectivity index (χ0v) is 10.0. The summed E-state index contributed by atoms with van der Waals surface area (Å²) in [4.78, 5) is 0. The van der Waals surface area contributed by atoms with Crippen molar-refractivity contribution in [2.45, 2.75) is 13.8 Å². The Morgan fingerprint density at radius 1 is 0.824 bits per heavy atom. The molecule has 1 aromatic heterocycles. The highest BCUT2D eigenvalue weighted by atomic mass is 16.3. The van der Waals surface area contributed by atoms with Crippen molar-refractivity contribution in [2.75, 3.05) is 0 Å². The summed E-state index contributed by atoms with van der Waals surface area (Å²) >= 11 is 0. The van der Waals surface area contributed by atoms with Crippen LogP contribution in [-0.4, -0.2) is 0 Å². The summed E-state index contributed by atoms with van der Waals surface area (Å²) in [5.74, 6) is 1.94. The summed E-state index contributed by atoms with van der Waals surface area (Å²) in [6.45, 7) is 4.07. The van der Waals surface area contributed by atoms with Crippen molar-refractivity contribution >= 4 is 10.8 Å². The topological polar surface area (TPSA) is 13.1 Å². The average Bonchev–Trinajstić information content (AvgIpc) is 2.69. The monoisotopic (exact) mass is 222 g/mol. The third-order valence-electron chi connectivity index (χ3n) is 3.20. The van der Waals surface area contributed by atoms with E-state index in [9.17, 15) is 0 Å². The third-order valence-corrected chi connectivity index (χ3v) is 3.20. The van der Waals surface area contributed by atoms with E-state index < -0.39 is 0 Å². The Balaban J connectivity index is 2.17. The molecule has 0 aliphatic rings. The van der Waals surface area contributed by atoms with E-state index in [0.717, 1.165) is 17.1 Å². The zero-order chi connectivity index (χ0) is 11.8. The molecule has 0 fully saturated rings. The van der Waals surface area contributed by atoms with E-state index in [2.05, 4.69) is 55.5 Å². The number of fused-ring (bicyclic) bond motifs is 1. The minimum atomic E-state index is 0.950. The van der Waals surface area contributed by atoms with Gasteiger partial charge in [-0.15, -0.1) is 0 Å². The molecule has 1 heterocycles. The van der Waals surface area contributed by atoms with Crippen molar-refractivity contribution in [3.05, 3.63) is 59.9 Å². The highest BCUT2D eigenvalue weighted by Crippen LogP contribution is 2.27. The van der Waals surface area contributed by atoms with Gasteiger partial charge in [0.15, 0.2) is 0 Å². The highest BCUT2D eigenvalue weighted by molar-refractivity contribution is 5.86. The number of furan rings is 1. The molecular formula is C16H14O. The lowest BCUT2D eigenvalue weighted by Crippen LogP contribution is -1.75. The Hall–Kier alpha value is -2.02. The van der Waals surface area contributed by atoms with Crippen LogP contribution in [0.15, 0.2) is 52.9 Å². The van der Waals surface area contributed by atoms with Gasteiger partial charge in [-0.25, -0.2) is 0 Å². The number of hydrogen-bond acceptors (Lipinski definition) is 1. The van der Waals surface area contributed by atoms with Gasteiger partial charge >= 0.3 is 0 Å². The summed E-state index contributed by atoms with van der Waals surface area (Å²) in [5, 5.41) is 2.51. The number of hydrogen-bond donors (Lipinski definition) is 0. The summed E-state index contributed by atoms with van der Waals surface area (Å²) in [5.41, 5.74) is 2.34. The first kappa shape index (κ1) is 10.2. The SMILES string of the molecule is Cc1cc(-c2ccc3ccccc3c2)oc1C. The minimum Gasteiger partial charge on any atom is -0.461 e. The standard InChI is InChI=1S/C16H14O/c1-11-9-16(17-12(11)2)15-8-7-13-5-3-4-6-14(13)10-15/h3-10H,1-2H3. The molecule has 3 rings (SSSR count). The van der Waals surface area contributed by atoms with Crippen molar-refractivity contribution in [1.29, 1.82) is 0 Å². The van der Waals surface area contributed by atoms with Crippen molar-refractivity contribution in [2.24, 2.45) is 0 Å². The molecule has 0 unspecified atom stereocenters. The third kappa shape index (κ3) is 1.74. The smallest absolute Gasteiger partial charge is 0.134 e. The van der Waals surface area contributed by atoms with Crippen LogP contribution >= 0.6 is 0 Å². The van der Waals surface area contributed by atoms with Gasteiger partial charge in [-0.3, -0.25) is 0 Å². The molecule has 3 aromatic rings. The van der Waals surface area contributed by atoms with E-state index in [4.69, 9.17) is 4.42 Å². The fourth-order valence-electron chi connectivity index (χ4n) is 2.06. The molecule has 0 atom stereocenters. The lowest BCUT2D eigenvalue weighted by atomic mass is 10.1. The second-order valence-corrected chi connectivity index (χ2v) is 4.41. The number of benzene rings is 2. The van der Waals surface area contributed by atoms with Crippen molar-refractivity contribution in [3.8, 4) is 11.3 Å². The number of rotatable bonds is 1. The maximum Gasteiger partial charge on any atom is 0.134 e. The Morgan fingerprint density at radius 3 is 2.29 bits per heavy atom. The Kier molecular flexibility index (Phi) is 2.25. The zero-order valence-electron chi connectivity index (χ0n) is 10.0. The largest absolute Gasteiger partial charge is 0.461 e. The van der Waals surface area contributed by atoms with Gasteiger partial charge < -0.3 is 4.42 Å². The molecule has 0 saturated carbocycles. The van der Waals surface area contributed by atoms with Crippen molar-refractivity contribution < 1.29 is 4.42 Å². The maximum absolute atomic E-state index is 5.75. The minimum absolute atomic E-state index is 0.950. The van der Waals surface area contributed by atoms with Crippen molar-refractivity contribution in [3.63, 3.8) is 0 Å². The molecule has 0 spiro atoms. The van der Waals surface area contributed by atoms with Crippen molar-refractivity contribution in [1.82, 2.24) is 0 Å². The van der Waals surface area contributed by atoms with Crippen LogP contribution < -0.4 is 0 Å². The first-order valence-electron chi connectivity index (χ1n) is 5.80. The van der Waals surface area contributed by atoms with E-state index in [0.29, 0.717) is 0 Å².